The van der Waals surface area contributed by atoms with E-state index in [1.807, 2.05) is 0 Å². The van der Waals surface area contributed by atoms with Crippen molar-refractivity contribution >= 4 is 17.5 Å². The van der Waals surface area contributed by atoms with Crippen LogP contribution in [-0.4, -0.2) is 28.6 Å². The first-order valence-corrected chi connectivity index (χ1v) is 7.18. The molecule has 0 radical (unpaired) electrons. The Balaban J connectivity index is 1.97. The number of aliphatic hydroxyl groups is 1. The van der Waals surface area contributed by atoms with Gasteiger partial charge in [0.1, 0.15) is 5.82 Å². The molecule has 0 spiro atoms. The number of halogens is 2. The molecule has 0 aliphatic heterocycles. The summed E-state index contributed by atoms with van der Waals surface area (Å²) in [4.78, 5) is 13.7. The molecule has 1 aromatic carbocycles. The van der Waals surface area contributed by atoms with Crippen molar-refractivity contribution in [2.45, 2.75) is 44.2 Å². The molecule has 1 amide bonds. The lowest BCUT2D eigenvalue weighted by molar-refractivity contribution is -0.135. The standard InChI is InChI=1S/C15H19ClFNO2/c1-18(10-11-4-5-12(17)8-13(11)16)14(19)9-15(20)6-2-3-7-15/h4-5,8,20H,2-3,6-7,9-10H2,1H3. The Morgan fingerprint density at radius 2 is 2.10 bits per heavy atom. The topological polar surface area (TPSA) is 40.5 Å². The average Bonchev–Trinajstić information content (AvgIpc) is 2.79. The van der Waals surface area contributed by atoms with Crippen LogP contribution in [0.2, 0.25) is 5.02 Å². The van der Waals surface area contributed by atoms with E-state index in [0.717, 1.165) is 12.8 Å². The fourth-order valence-electron chi connectivity index (χ4n) is 2.62. The third kappa shape index (κ3) is 3.70. The summed E-state index contributed by atoms with van der Waals surface area (Å²) < 4.78 is 13.0. The molecule has 0 aromatic heterocycles. The molecule has 110 valence electrons. The van der Waals surface area contributed by atoms with E-state index in [-0.39, 0.29) is 12.3 Å². The summed E-state index contributed by atoms with van der Waals surface area (Å²) >= 11 is 5.95. The van der Waals surface area contributed by atoms with Gasteiger partial charge in [0.05, 0.1) is 12.0 Å². The van der Waals surface area contributed by atoms with Gasteiger partial charge in [-0.2, -0.15) is 0 Å². The molecule has 0 atom stereocenters. The quantitative estimate of drug-likeness (QED) is 0.928. The second-order valence-electron chi connectivity index (χ2n) is 5.59. The molecule has 2 rings (SSSR count). The Morgan fingerprint density at radius 3 is 2.70 bits per heavy atom. The van der Waals surface area contributed by atoms with Crippen LogP contribution in [0.1, 0.15) is 37.7 Å². The van der Waals surface area contributed by atoms with E-state index in [0.29, 0.717) is 30.0 Å². The normalized spacial score (nSPS) is 17.2. The summed E-state index contributed by atoms with van der Waals surface area (Å²) in [5.41, 5.74) is -0.153. The monoisotopic (exact) mass is 299 g/mol. The summed E-state index contributed by atoms with van der Waals surface area (Å²) in [7, 11) is 1.67. The van der Waals surface area contributed by atoms with E-state index < -0.39 is 11.4 Å². The molecule has 3 nitrogen and oxygen atoms in total. The SMILES string of the molecule is CN(Cc1ccc(F)cc1Cl)C(=O)CC1(O)CCCC1. The Kier molecular flexibility index (Phi) is 4.66. The zero-order valence-corrected chi connectivity index (χ0v) is 12.3. The fourth-order valence-corrected chi connectivity index (χ4v) is 2.85. The minimum Gasteiger partial charge on any atom is -0.389 e. The number of hydrogen-bond donors (Lipinski definition) is 1. The highest BCUT2D eigenvalue weighted by molar-refractivity contribution is 6.31. The Bertz CT molecular complexity index is 501. The van der Waals surface area contributed by atoms with Crippen LogP contribution in [0.25, 0.3) is 0 Å². The minimum atomic E-state index is -0.849. The smallest absolute Gasteiger partial charge is 0.225 e. The van der Waals surface area contributed by atoms with Gasteiger partial charge in [0.25, 0.3) is 0 Å². The van der Waals surface area contributed by atoms with Crippen LogP contribution in [0.15, 0.2) is 18.2 Å². The second kappa shape index (κ2) is 6.10. The zero-order chi connectivity index (χ0) is 14.8. The third-order valence-corrected chi connectivity index (χ3v) is 4.21. The number of rotatable bonds is 4. The predicted octanol–water partition coefficient (Wildman–Crippen LogP) is 3.13. The summed E-state index contributed by atoms with van der Waals surface area (Å²) in [6.45, 7) is 0.314. The number of hydrogen-bond acceptors (Lipinski definition) is 2. The van der Waals surface area contributed by atoms with Crippen LogP contribution in [-0.2, 0) is 11.3 Å². The molecular weight excluding hydrogens is 281 g/mol. The van der Waals surface area contributed by atoms with Gasteiger partial charge in [-0.25, -0.2) is 4.39 Å². The maximum Gasteiger partial charge on any atom is 0.225 e. The van der Waals surface area contributed by atoms with E-state index in [1.54, 1.807) is 13.1 Å². The molecular formula is C15H19ClFNO2. The minimum absolute atomic E-state index is 0.116. The van der Waals surface area contributed by atoms with Crippen molar-refractivity contribution in [1.29, 1.82) is 0 Å². The van der Waals surface area contributed by atoms with Crippen molar-refractivity contribution in [2.24, 2.45) is 0 Å². The summed E-state index contributed by atoms with van der Waals surface area (Å²) in [6.07, 6.45) is 3.45. The van der Waals surface area contributed by atoms with E-state index in [9.17, 15) is 14.3 Å². The highest BCUT2D eigenvalue weighted by atomic mass is 35.5. The van der Waals surface area contributed by atoms with Crippen molar-refractivity contribution in [1.82, 2.24) is 4.90 Å². The average molecular weight is 300 g/mol. The maximum absolute atomic E-state index is 13.0. The number of nitrogens with zero attached hydrogens (tertiary/aromatic N) is 1. The largest absolute Gasteiger partial charge is 0.389 e. The molecule has 0 heterocycles. The molecule has 1 fully saturated rings. The lowest BCUT2D eigenvalue weighted by atomic mass is 9.97. The first-order valence-electron chi connectivity index (χ1n) is 6.80. The summed E-state index contributed by atoms with van der Waals surface area (Å²) in [6, 6.07) is 4.13. The molecule has 1 aliphatic rings. The Morgan fingerprint density at radius 1 is 1.45 bits per heavy atom. The highest BCUT2D eigenvalue weighted by Gasteiger charge is 2.34. The number of benzene rings is 1. The zero-order valence-electron chi connectivity index (χ0n) is 11.5. The van der Waals surface area contributed by atoms with Crippen LogP contribution >= 0.6 is 11.6 Å². The lowest BCUT2D eigenvalue weighted by Crippen LogP contribution is -2.35. The van der Waals surface area contributed by atoms with Gasteiger partial charge in [0.2, 0.25) is 5.91 Å². The first kappa shape index (κ1) is 15.3. The van der Waals surface area contributed by atoms with Crippen molar-refractivity contribution in [3.63, 3.8) is 0 Å². The van der Waals surface area contributed by atoms with Gasteiger partial charge < -0.3 is 10.0 Å². The van der Waals surface area contributed by atoms with E-state index >= 15 is 0 Å². The molecule has 0 bridgehead atoms. The lowest BCUT2D eigenvalue weighted by Gasteiger charge is -2.25. The molecule has 0 unspecified atom stereocenters. The molecule has 1 aliphatic carbocycles. The van der Waals surface area contributed by atoms with Crippen molar-refractivity contribution < 1.29 is 14.3 Å². The van der Waals surface area contributed by atoms with Gasteiger partial charge in [0, 0.05) is 18.6 Å². The van der Waals surface area contributed by atoms with Crippen LogP contribution in [0.4, 0.5) is 4.39 Å². The van der Waals surface area contributed by atoms with E-state index in [2.05, 4.69) is 0 Å². The fraction of sp³-hybridized carbons (Fsp3) is 0.533. The Hall–Kier alpha value is -1.13. The molecule has 5 heteroatoms. The number of carbonyl (C=O) groups is 1. The molecule has 1 aromatic rings. The van der Waals surface area contributed by atoms with Crippen LogP contribution in [0.5, 0.6) is 0 Å². The number of carbonyl (C=O) groups excluding carboxylic acids is 1. The van der Waals surface area contributed by atoms with Gasteiger partial charge in [0.15, 0.2) is 0 Å². The van der Waals surface area contributed by atoms with Crippen LogP contribution in [0.3, 0.4) is 0 Å². The van der Waals surface area contributed by atoms with Crippen LogP contribution in [0, 0.1) is 5.82 Å². The van der Waals surface area contributed by atoms with Gasteiger partial charge >= 0.3 is 0 Å². The van der Waals surface area contributed by atoms with Crippen molar-refractivity contribution in [2.75, 3.05) is 7.05 Å². The second-order valence-corrected chi connectivity index (χ2v) is 6.00. The highest BCUT2D eigenvalue weighted by Crippen LogP contribution is 2.32. The maximum atomic E-state index is 13.0. The van der Waals surface area contributed by atoms with E-state index in [4.69, 9.17) is 11.6 Å². The van der Waals surface area contributed by atoms with Gasteiger partial charge in [-0.1, -0.05) is 30.5 Å². The summed E-state index contributed by atoms with van der Waals surface area (Å²) in [5.74, 6) is -0.511. The van der Waals surface area contributed by atoms with Gasteiger partial charge in [-0.15, -0.1) is 0 Å². The molecule has 20 heavy (non-hydrogen) atoms. The van der Waals surface area contributed by atoms with Crippen LogP contribution < -0.4 is 0 Å². The molecule has 0 saturated heterocycles. The predicted molar refractivity (Wildman–Crippen MR) is 75.9 cm³/mol. The van der Waals surface area contributed by atoms with Gasteiger partial charge in [-0.3, -0.25) is 4.79 Å². The van der Waals surface area contributed by atoms with Gasteiger partial charge in [-0.05, 0) is 30.5 Å². The van der Waals surface area contributed by atoms with E-state index in [1.165, 1.54) is 17.0 Å². The van der Waals surface area contributed by atoms with Crippen molar-refractivity contribution in [3.8, 4) is 0 Å². The molecule has 1 N–H and O–H groups in total. The number of amides is 1. The Labute approximate surface area is 123 Å². The summed E-state index contributed by atoms with van der Waals surface area (Å²) in [5, 5.41) is 10.6. The first-order chi connectivity index (χ1) is 9.39. The van der Waals surface area contributed by atoms with Crippen molar-refractivity contribution in [3.05, 3.63) is 34.6 Å². The molecule has 1 saturated carbocycles. The third-order valence-electron chi connectivity index (χ3n) is 3.86.